The number of fused-ring (bicyclic) bond motifs is 1. The van der Waals surface area contributed by atoms with E-state index in [0.717, 1.165) is 26.6 Å². The van der Waals surface area contributed by atoms with E-state index in [1.807, 2.05) is 30.3 Å². The van der Waals surface area contributed by atoms with E-state index in [-0.39, 0.29) is 0 Å². The minimum Gasteiger partial charge on any atom is -0.378 e. The molecule has 3 aromatic rings. The third-order valence-electron chi connectivity index (χ3n) is 3.03. The fourth-order valence-corrected chi connectivity index (χ4v) is 2.69. The first kappa shape index (κ1) is 13.3. The molecule has 3 rings (SSSR count). The van der Waals surface area contributed by atoms with Crippen molar-refractivity contribution < 1.29 is 0 Å². The van der Waals surface area contributed by atoms with Gasteiger partial charge in [0.05, 0.1) is 11.2 Å². The number of benzene rings is 1. The van der Waals surface area contributed by atoms with E-state index in [9.17, 15) is 0 Å². The first-order valence-corrected chi connectivity index (χ1v) is 7.29. The molecular formula is C15H11BrClN3. The molecule has 20 heavy (non-hydrogen) atoms. The van der Waals surface area contributed by atoms with Gasteiger partial charge in [-0.1, -0.05) is 39.7 Å². The zero-order valence-electron chi connectivity index (χ0n) is 10.5. The minimum absolute atomic E-state index is 0.474. The molecule has 1 N–H and O–H groups in total. The molecule has 0 radical (unpaired) electrons. The fourth-order valence-electron chi connectivity index (χ4n) is 2.05. The molecule has 2 heterocycles. The van der Waals surface area contributed by atoms with Crippen LogP contribution in [-0.4, -0.2) is 9.97 Å². The summed E-state index contributed by atoms with van der Waals surface area (Å²) < 4.78 is 1.05. The molecule has 100 valence electrons. The van der Waals surface area contributed by atoms with Crippen LogP contribution >= 0.6 is 27.5 Å². The predicted molar refractivity (Wildman–Crippen MR) is 86.0 cm³/mol. The average Bonchev–Trinajstić information content (AvgIpc) is 2.48. The second-order valence-electron chi connectivity index (χ2n) is 4.30. The molecular weight excluding hydrogens is 338 g/mol. The molecule has 0 saturated heterocycles. The lowest BCUT2D eigenvalue weighted by Gasteiger charge is -2.10. The van der Waals surface area contributed by atoms with Crippen LogP contribution in [0.1, 0.15) is 5.56 Å². The first-order valence-electron chi connectivity index (χ1n) is 6.12. The summed E-state index contributed by atoms with van der Waals surface area (Å²) in [5.74, 6) is 0. The molecule has 0 saturated carbocycles. The lowest BCUT2D eigenvalue weighted by atomic mass is 10.1. The van der Waals surface area contributed by atoms with E-state index in [2.05, 4.69) is 37.3 Å². The standard InChI is InChI=1S/C15H11BrClN3/c16-12-6-5-10(14-11(12)3-1-7-18-14)9-20-13-4-2-8-19-15(13)17/h1-8,20H,9H2. The Morgan fingerprint density at radius 1 is 1.05 bits per heavy atom. The van der Waals surface area contributed by atoms with E-state index in [1.165, 1.54) is 0 Å². The van der Waals surface area contributed by atoms with Gasteiger partial charge in [0.1, 0.15) is 0 Å². The first-order chi connectivity index (χ1) is 9.75. The monoisotopic (exact) mass is 347 g/mol. The topological polar surface area (TPSA) is 37.8 Å². The molecule has 0 aliphatic carbocycles. The Balaban J connectivity index is 1.92. The highest BCUT2D eigenvalue weighted by Gasteiger charge is 2.06. The summed E-state index contributed by atoms with van der Waals surface area (Å²) in [5, 5.41) is 4.87. The summed E-state index contributed by atoms with van der Waals surface area (Å²) in [7, 11) is 0. The lowest BCUT2D eigenvalue weighted by Crippen LogP contribution is -2.02. The van der Waals surface area contributed by atoms with Crippen molar-refractivity contribution in [2.24, 2.45) is 0 Å². The van der Waals surface area contributed by atoms with Gasteiger partial charge in [-0.25, -0.2) is 4.98 Å². The molecule has 1 aromatic carbocycles. The van der Waals surface area contributed by atoms with E-state index in [0.29, 0.717) is 11.7 Å². The molecule has 0 spiro atoms. The van der Waals surface area contributed by atoms with E-state index >= 15 is 0 Å². The van der Waals surface area contributed by atoms with Crippen LogP contribution in [0.2, 0.25) is 5.15 Å². The predicted octanol–water partition coefficient (Wildman–Crippen LogP) is 4.66. The van der Waals surface area contributed by atoms with Crippen LogP contribution in [0.4, 0.5) is 5.69 Å². The third-order valence-corrected chi connectivity index (χ3v) is 4.02. The van der Waals surface area contributed by atoms with Crippen LogP contribution in [0, 0.1) is 0 Å². The van der Waals surface area contributed by atoms with Gasteiger partial charge in [-0.05, 0) is 29.8 Å². The van der Waals surface area contributed by atoms with Crippen molar-refractivity contribution in [3.63, 3.8) is 0 Å². The van der Waals surface area contributed by atoms with E-state index in [1.54, 1.807) is 12.4 Å². The Kier molecular flexibility index (Phi) is 3.85. The molecule has 2 aromatic heterocycles. The third kappa shape index (κ3) is 2.62. The largest absolute Gasteiger partial charge is 0.378 e. The summed E-state index contributed by atoms with van der Waals surface area (Å²) in [6, 6.07) is 11.8. The second-order valence-corrected chi connectivity index (χ2v) is 5.51. The van der Waals surface area contributed by atoms with Gasteiger partial charge in [0.15, 0.2) is 5.15 Å². The van der Waals surface area contributed by atoms with Crippen LogP contribution in [0.5, 0.6) is 0 Å². The number of aromatic nitrogens is 2. The average molecular weight is 349 g/mol. The highest BCUT2D eigenvalue weighted by atomic mass is 79.9. The smallest absolute Gasteiger partial charge is 0.152 e. The maximum Gasteiger partial charge on any atom is 0.152 e. The maximum atomic E-state index is 6.04. The molecule has 0 fully saturated rings. The zero-order valence-corrected chi connectivity index (χ0v) is 12.8. The normalized spacial score (nSPS) is 10.7. The number of hydrogen-bond donors (Lipinski definition) is 1. The van der Waals surface area contributed by atoms with Gasteiger partial charge in [-0.15, -0.1) is 0 Å². The summed E-state index contributed by atoms with van der Waals surface area (Å²) in [6.45, 7) is 0.645. The molecule has 0 aliphatic heterocycles. The maximum absolute atomic E-state index is 6.04. The van der Waals surface area contributed by atoms with Gasteiger partial charge in [0.25, 0.3) is 0 Å². The molecule has 0 unspecified atom stereocenters. The van der Waals surface area contributed by atoms with Crippen molar-refractivity contribution in [1.82, 2.24) is 9.97 Å². The lowest BCUT2D eigenvalue weighted by molar-refractivity contribution is 1.14. The Morgan fingerprint density at radius 3 is 2.70 bits per heavy atom. The van der Waals surface area contributed by atoms with Crippen molar-refractivity contribution in [3.8, 4) is 0 Å². The molecule has 3 nitrogen and oxygen atoms in total. The number of nitrogens with one attached hydrogen (secondary N) is 1. The SMILES string of the molecule is Clc1ncccc1NCc1ccc(Br)c2cccnc12. The molecule has 0 bridgehead atoms. The molecule has 0 atom stereocenters. The summed E-state index contributed by atoms with van der Waals surface area (Å²) in [6.07, 6.45) is 3.47. The van der Waals surface area contributed by atoms with Crippen molar-refractivity contribution >= 4 is 44.1 Å². The van der Waals surface area contributed by atoms with Crippen molar-refractivity contribution in [1.29, 1.82) is 0 Å². The minimum atomic E-state index is 0.474. The highest BCUT2D eigenvalue weighted by molar-refractivity contribution is 9.10. The van der Waals surface area contributed by atoms with Crippen LogP contribution in [0.25, 0.3) is 10.9 Å². The summed E-state index contributed by atoms with van der Waals surface area (Å²) in [5.41, 5.74) is 2.92. The Bertz CT molecular complexity index is 761. The Morgan fingerprint density at radius 2 is 1.85 bits per heavy atom. The van der Waals surface area contributed by atoms with Crippen LogP contribution in [-0.2, 0) is 6.54 Å². The van der Waals surface area contributed by atoms with Crippen molar-refractivity contribution in [2.75, 3.05) is 5.32 Å². The van der Waals surface area contributed by atoms with Gasteiger partial charge in [0, 0.05) is 28.8 Å². The fraction of sp³-hybridized carbons (Fsp3) is 0.0667. The number of anilines is 1. The number of hydrogen-bond acceptors (Lipinski definition) is 3. The number of rotatable bonds is 3. The number of pyridine rings is 2. The Labute approximate surface area is 130 Å². The molecule has 0 aliphatic rings. The van der Waals surface area contributed by atoms with Crippen LogP contribution in [0.15, 0.2) is 53.3 Å². The van der Waals surface area contributed by atoms with Gasteiger partial charge >= 0.3 is 0 Å². The van der Waals surface area contributed by atoms with Gasteiger partial charge in [-0.3, -0.25) is 4.98 Å². The van der Waals surface area contributed by atoms with Crippen molar-refractivity contribution in [2.45, 2.75) is 6.54 Å². The molecule has 0 amide bonds. The zero-order chi connectivity index (χ0) is 13.9. The summed E-state index contributed by atoms with van der Waals surface area (Å²) in [4.78, 5) is 8.51. The van der Waals surface area contributed by atoms with E-state index < -0.39 is 0 Å². The van der Waals surface area contributed by atoms with Crippen molar-refractivity contribution in [3.05, 3.63) is 64.0 Å². The summed E-state index contributed by atoms with van der Waals surface area (Å²) >= 11 is 9.58. The second kappa shape index (κ2) is 5.77. The van der Waals surface area contributed by atoms with Gasteiger partial charge in [0.2, 0.25) is 0 Å². The highest BCUT2D eigenvalue weighted by Crippen LogP contribution is 2.26. The molecule has 5 heteroatoms. The van der Waals surface area contributed by atoms with E-state index in [4.69, 9.17) is 11.6 Å². The van der Waals surface area contributed by atoms with Crippen LogP contribution < -0.4 is 5.32 Å². The van der Waals surface area contributed by atoms with Gasteiger partial charge < -0.3 is 5.32 Å². The van der Waals surface area contributed by atoms with Gasteiger partial charge in [-0.2, -0.15) is 0 Å². The quantitative estimate of drug-likeness (QED) is 0.700. The number of halogens is 2. The Hall–Kier alpha value is -1.65. The van der Waals surface area contributed by atoms with Crippen LogP contribution in [0.3, 0.4) is 0 Å². The number of nitrogens with zero attached hydrogens (tertiary/aromatic N) is 2.